The van der Waals surface area contributed by atoms with E-state index >= 15 is 0 Å². The van der Waals surface area contributed by atoms with Crippen LogP contribution in [0.1, 0.15) is 22.6 Å². The Morgan fingerprint density at radius 1 is 1.32 bits per heavy atom. The van der Waals surface area contributed by atoms with Crippen molar-refractivity contribution >= 4 is 22.4 Å². The predicted molar refractivity (Wildman–Crippen MR) is 78.2 cm³/mol. The molecular formula is C14H16N4S. The van der Waals surface area contributed by atoms with Gasteiger partial charge in [0.05, 0.1) is 27.8 Å². The lowest BCUT2D eigenvalue weighted by Gasteiger charge is -2.08. The van der Waals surface area contributed by atoms with Crippen molar-refractivity contribution in [2.24, 2.45) is 12.8 Å². The van der Waals surface area contributed by atoms with Crippen LogP contribution in [-0.4, -0.2) is 14.5 Å². The van der Waals surface area contributed by atoms with Crippen molar-refractivity contribution in [3.8, 4) is 0 Å². The number of imidazole rings is 1. The highest BCUT2D eigenvalue weighted by Crippen LogP contribution is 2.20. The average molecular weight is 272 g/mol. The third-order valence-corrected chi connectivity index (χ3v) is 4.09. The SMILES string of the molecule is Cc1nc(C(N)Cc2nc3ccccc3n2C)cs1. The zero-order valence-electron chi connectivity index (χ0n) is 11.0. The van der Waals surface area contributed by atoms with Crippen LogP contribution in [0.5, 0.6) is 0 Å². The fraction of sp³-hybridized carbons (Fsp3) is 0.286. The molecule has 2 N–H and O–H groups in total. The first-order chi connectivity index (χ1) is 9.15. The molecule has 0 aliphatic rings. The quantitative estimate of drug-likeness (QED) is 0.797. The summed E-state index contributed by atoms with van der Waals surface area (Å²) < 4.78 is 2.11. The van der Waals surface area contributed by atoms with Gasteiger partial charge in [-0.15, -0.1) is 11.3 Å². The van der Waals surface area contributed by atoms with Crippen LogP contribution in [0.2, 0.25) is 0 Å². The second kappa shape index (κ2) is 4.75. The van der Waals surface area contributed by atoms with Crippen LogP contribution in [0.25, 0.3) is 11.0 Å². The highest BCUT2D eigenvalue weighted by atomic mass is 32.1. The van der Waals surface area contributed by atoms with Gasteiger partial charge >= 0.3 is 0 Å². The summed E-state index contributed by atoms with van der Waals surface area (Å²) in [6.45, 7) is 2.00. The van der Waals surface area contributed by atoms with Crippen molar-refractivity contribution in [1.29, 1.82) is 0 Å². The second-order valence-corrected chi connectivity index (χ2v) is 5.74. The Balaban J connectivity index is 1.91. The number of thiazole rings is 1. The minimum absolute atomic E-state index is 0.0968. The molecule has 1 unspecified atom stereocenters. The molecule has 2 heterocycles. The first-order valence-corrected chi connectivity index (χ1v) is 7.11. The zero-order valence-corrected chi connectivity index (χ0v) is 11.8. The van der Waals surface area contributed by atoms with Crippen LogP contribution in [0.15, 0.2) is 29.6 Å². The van der Waals surface area contributed by atoms with E-state index < -0.39 is 0 Å². The molecule has 3 aromatic rings. The minimum atomic E-state index is -0.0968. The molecule has 5 heteroatoms. The number of hydrogen-bond acceptors (Lipinski definition) is 4. The normalized spacial score (nSPS) is 13.0. The molecular weight excluding hydrogens is 256 g/mol. The molecule has 2 aromatic heterocycles. The number of aryl methyl sites for hydroxylation is 2. The Morgan fingerprint density at radius 2 is 2.11 bits per heavy atom. The van der Waals surface area contributed by atoms with Gasteiger partial charge in [-0.05, 0) is 19.1 Å². The lowest BCUT2D eigenvalue weighted by Crippen LogP contribution is -2.16. The summed E-state index contributed by atoms with van der Waals surface area (Å²) in [6.07, 6.45) is 0.703. The molecule has 19 heavy (non-hydrogen) atoms. The third kappa shape index (κ3) is 2.27. The molecule has 98 valence electrons. The molecule has 0 spiro atoms. The van der Waals surface area contributed by atoms with Gasteiger partial charge < -0.3 is 10.3 Å². The average Bonchev–Trinajstić information content (AvgIpc) is 2.96. The number of rotatable bonds is 3. The maximum absolute atomic E-state index is 6.22. The van der Waals surface area contributed by atoms with Gasteiger partial charge in [0.25, 0.3) is 0 Å². The lowest BCUT2D eigenvalue weighted by molar-refractivity contribution is 0.651. The second-order valence-electron chi connectivity index (χ2n) is 4.68. The molecule has 0 bridgehead atoms. The standard InChI is InChI=1S/C14H16N4S/c1-9-16-12(8-19-9)10(15)7-14-17-11-5-3-4-6-13(11)18(14)2/h3-6,8,10H,7,15H2,1-2H3. The van der Waals surface area contributed by atoms with Gasteiger partial charge in [0.1, 0.15) is 5.82 Å². The van der Waals surface area contributed by atoms with Gasteiger partial charge in [0.2, 0.25) is 0 Å². The molecule has 1 aromatic carbocycles. The largest absolute Gasteiger partial charge is 0.331 e. The van der Waals surface area contributed by atoms with Gasteiger partial charge in [0, 0.05) is 18.8 Å². The summed E-state index contributed by atoms with van der Waals surface area (Å²) in [5.74, 6) is 0.999. The van der Waals surface area contributed by atoms with E-state index in [4.69, 9.17) is 5.73 Å². The summed E-state index contributed by atoms with van der Waals surface area (Å²) in [4.78, 5) is 9.09. The molecule has 0 fully saturated rings. The Morgan fingerprint density at radius 3 is 2.79 bits per heavy atom. The number of para-hydroxylation sites is 2. The number of nitrogens with two attached hydrogens (primary N) is 1. The van der Waals surface area contributed by atoms with E-state index in [0.29, 0.717) is 6.42 Å². The monoisotopic (exact) mass is 272 g/mol. The number of fused-ring (bicyclic) bond motifs is 1. The molecule has 0 radical (unpaired) electrons. The molecule has 0 aliphatic carbocycles. The molecule has 1 atom stereocenters. The Kier molecular flexibility index (Phi) is 3.08. The van der Waals surface area contributed by atoms with Crippen LogP contribution in [-0.2, 0) is 13.5 Å². The predicted octanol–water partition coefficient (Wildman–Crippen LogP) is 2.58. The van der Waals surface area contributed by atoms with Crippen molar-refractivity contribution < 1.29 is 0 Å². The maximum Gasteiger partial charge on any atom is 0.111 e. The van der Waals surface area contributed by atoms with Gasteiger partial charge in [-0.25, -0.2) is 9.97 Å². The van der Waals surface area contributed by atoms with E-state index in [2.05, 4.69) is 20.6 Å². The van der Waals surface area contributed by atoms with E-state index in [0.717, 1.165) is 27.6 Å². The van der Waals surface area contributed by atoms with Crippen molar-refractivity contribution in [3.63, 3.8) is 0 Å². The third-order valence-electron chi connectivity index (χ3n) is 3.30. The first-order valence-electron chi connectivity index (χ1n) is 6.23. The fourth-order valence-corrected chi connectivity index (χ4v) is 2.91. The van der Waals surface area contributed by atoms with Crippen molar-refractivity contribution in [2.45, 2.75) is 19.4 Å². The molecule has 4 nitrogen and oxygen atoms in total. The van der Waals surface area contributed by atoms with E-state index in [1.54, 1.807) is 11.3 Å². The topological polar surface area (TPSA) is 56.7 Å². The smallest absolute Gasteiger partial charge is 0.111 e. The highest BCUT2D eigenvalue weighted by Gasteiger charge is 2.14. The Bertz CT molecular complexity index is 713. The zero-order chi connectivity index (χ0) is 13.4. The number of hydrogen-bond donors (Lipinski definition) is 1. The van der Waals surface area contributed by atoms with Crippen LogP contribution in [0.4, 0.5) is 0 Å². The number of benzene rings is 1. The number of nitrogens with zero attached hydrogens (tertiary/aromatic N) is 3. The van der Waals surface area contributed by atoms with Crippen LogP contribution in [0.3, 0.4) is 0 Å². The summed E-state index contributed by atoms with van der Waals surface area (Å²) >= 11 is 1.63. The fourth-order valence-electron chi connectivity index (χ4n) is 2.23. The van der Waals surface area contributed by atoms with Crippen molar-refractivity contribution in [3.05, 3.63) is 46.2 Å². The van der Waals surface area contributed by atoms with Gasteiger partial charge in [0.15, 0.2) is 0 Å². The van der Waals surface area contributed by atoms with Crippen molar-refractivity contribution in [1.82, 2.24) is 14.5 Å². The van der Waals surface area contributed by atoms with Crippen LogP contribution < -0.4 is 5.73 Å². The van der Waals surface area contributed by atoms with E-state index in [9.17, 15) is 0 Å². The highest BCUT2D eigenvalue weighted by molar-refractivity contribution is 7.09. The summed E-state index contributed by atoms with van der Waals surface area (Å²) in [7, 11) is 2.03. The van der Waals surface area contributed by atoms with E-state index in [1.807, 2.05) is 37.6 Å². The molecule has 3 rings (SSSR count). The van der Waals surface area contributed by atoms with Crippen molar-refractivity contribution in [2.75, 3.05) is 0 Å². The Labute approximate surface area is 115 Å². The van der Waals surface area contributed by atoms with E-state index in [-0.39, 0.29) is 6.04 Å². The summed E-state index contributed by atoms with van der Waals surface area (Å²) in [5, 5.41) is 3.08. The summed E-state index contributed by atoms with van der Waals surface area (Å²) in [5.41, 5.74) is 9.33. The summed E-state index contributed by atoms with van der Waals surface area (Å²) in [6, 6.07) is 8.03. The van der Waals surface area contributed by atoms with Crippen LogP contribution >= 0.6 is 11.3 Å². The molecule has 0 amide bonds. The molecule has 0 aliphatic heterocycles. The van der Waals surface area contributed by atoms with Gasteiger partial charge in [-0.2, -0.15) is 0 Å². The van der Waals surface area contributed by atoms with E-state index in [1.165, 1.54) is 0 Å². The maximum atomic E-state index is 6.22. The van der Waals surface area contributed by atoms with Gasteiger partial charge in [-0.1, -0.05) is 12.1 Å². The number of aromatic nitrogens is 3. The first kappa shape index (κ1) is 12.3. The van der Waals surface area contributed by atoms with Crippen LogP contribution in [0, 0.1) is 6.92 Å². The Hall–Kier alpha value is -1.72. The van der Waals surface area contributed by atoms with Gasteiger partial charge in [-0.3, -0.25) is 0 Å². The molecule has 0 saturated heterocycles. The lowest BCUT2D eigenvalue weighted by atomic mass is 10.1. The minimum Gasteiger partial charge on any atom is -0.331 e. The molecule has 0 saturated carbocycles.